The van der Waals surface area contributed by atoms with Gasteiger partial charge >= 0.3 is 0 Å². The van der Waals surface area contributed by atoms with Crippen molar-refractivity contribution in [3.63, 3.8) is 0 Å². The largest absolute Gasteiger partial charge is 0.508 e. The molecule has 1 aliphatic carbocycles. The van der Waals surface area contributed by atoms with Gasteiger partial charge in [-0.2, -0.15) is 0 Å². The van der Waals surface area contributed by atoms with Crippen LogP contribution < -0.4 is 0 Å². The molecule has 0 radical (unpaired) electrons. The van der Waals surface area contributed by atoms with Crippen molar-refractivity contribution in [1.82, 2.24) is 4.90 Å². The molecule has 0 unspecified atom stereocenters. The molecule has 0 bridgehead atoms. The maximum atomic E-state index is 13.8. The molecule has 1 saturated carbocycles. The van der Waals surface area contributed by atoms with Gasteiger partial charge in [-0.15, -0.1) is 0 Å². The van der Waals surface area contributed by atoms with Crippen molar-refractivity contribution < 1.29 is 18.7 Å². The fraction of sp³-hybridized carbons (Fsp3) is 0.267. The van der Waals surface area contributed by atoms with Crippen LogP contribution in [0.4, 0.5) is 4.39 Å². The monoisotopic (exact) mass is 275 g/mol. The molecule has 3 rings (SSSR count). The molecule has 5 heteroatoms. The third-order valence-electron chi connectivity index (χ3n) is 3.34. The standard InChI is InChI=1S/C15H14FNO3/c16-14-8-11(18)5-6-13(14)15(19)17(10-3-4-10)9-12-2-1-7-20-12/h1-2,5-8,10,18H,3-4,9H2. The molecule has 1 fully saturated rings. The number of carbonyl (C=O) groups excluding carboxylic acids is 1. The molecule has 0 spiro atoms. The van der Waals surface area contributed by atoms with E-state index >= 15 is 0 Å². The molecule has 2 aromatic rings. The molecule has 0 atom stereocenters. The Morgan fingerprint density at radius 1 is 1.40 bits per heavy atom. The van der Waals surface area contributed by atoms with Crippen LogP contribution in [0.15, 0.2) is 41.0 Å². The number of phenolic OH excluding ortho intramolecular Hbond substituents is 1. The minimum Gasteiger partial charge on any atom is -0.508 e. The maximum absolute atomic E-state index is 13.8. The van der Waals surface area contributed by atoms with Gasteiger partial charge in [0.25, 0.3) is 5.91 Å². The van der Waals surface area contributed by atoms with E-state index in [2.05, 4.69) is 0 Å². The Kier molecular flexibility index (Phi) is 3.18. The molecular weight excluding hydrogens is 261 g/mol. The number of nitrogens with zero attached hydrogens (tertiary/aromatic N) is 1. The molecule has 104 valence electrons. The summed E-state index contributed by atoms with van der Waals surface area (Å²) in [5, 5.41) is 9.21. The van der Waals surface area contributed by atoms with E-state index in [0.29, 0.717) is 12.3 Å². The molecule has 1 aromatic heterocycles. The van der Waals surface area contributed by atoms with E-state index in [1.165, 1.54) is 12.1 Å². The highest BCUT2D eigenvalue weighted by Crippen LogP contribution is 2.30. The van der Waals surface area contributed by atoms with Gasteiger partial charge in [0.15, 0.2) is 0 Å². The smallest absolute Gasteiger partial charge is 0.257 e. The molecule has 4 nitrogen and oxygen atoms in total. The van der Waals surface area contributed by atoms with Crippen molar-refractivity contribution in [2.45, 2.75) is 25.4 Å². The first kappa shape index (κ1) is 12.7. The Labute approximate surface area is 115 Å². The number of aromatic hydroxyl groups is 1. The van der Waals surface area contributed by atoms with E-state index in [1.54, 1.807) is 23.3 Å². The van der Waals surface area contributed by atoms with Crippen LogP contribution in [-0.2, 0) is 6.54 Å². The summed E-state index contributed by atoms with van der Waals surface area (Å²) in [5.74, 6) is -0.603. The predicted octanol–water partition coefficient (Wildman–Crippen LogP) is 2.93. The van der Waals surface area contributed by atoms with Crippen molar-refractivity contribution in [3.8, 4) is 5.75 Å². The number of halogens is 1. The summed E-state index contributed by atoms with van der Waals surface area (Å²) in [6.45, 7) is 0.330. The number of phenols is 1. The Hall–Kier alpha value is -2.30. The molecule has 20 heavy (non-hydrogen) atoms. The van der Waals surface area contributed by atoms with Crippen LogP contribution in [0.2, 0.25) is 0 Å². The highest BCUT2D eigenvalue weighted by Gasteiger charge is 2.34. The van der Waals surface area contributed by atoms with Crippen molar-refractivity contribution in [2.24, 2.45) is 0 Å². The summed E-state index contributed by atoms with van der Waals surface area (Å²) in [6.07, 6.45) is 3.39. The van der Waals surface area contributed by atoms with Gasteiger partial charge in [0.2, 0.25) is 0 Å². The first-order valence-corrected chi connectivity index (χ1v) is 6.47. The van der Waals surface area contributed by atoms with E-state index in [9.17, 15) is 14.3 Å². The molecule has 1 aliphatic rings. The van der Waals surface area contributed by atoms with Crippen LogP contribution in [-0.4, -0.2) is 22.0 Å². The predicted molar refractivity (Wildman–Crippen MR) is 69.7 cm³/mol. The van der Waals surface area contributed by atoms with Gasteiger partial charge in [-0.25, -0.2) is 4.39 Å². The summed E-state index contributed by atoms with van der Waals surface area (Å²) >= 11 is 0. The van der Waals surface area contributed by atoms with Crippen LogP contribution in [0, 0.1) is 5.82 Å². The van der Waals surface area contributed by atoms with Gasteiger partial charge < -0.3 is 14.4 Å². The van der Waals surface area contributed by atoms with Crippen LogP contribution in [0.25, 0.3) is 0 Å². The SMILES string of the molecule is O=C(c1ccc(O)cc1F)N(Cc1ccco1)C1CC1. The van der Waals surface area contributed by atoms with Gasteiger partial charge in [0.1, 0.15) is 17.3 Å². The number of benzene rings is 1. The zero-order chi connectivity index (χ0) is 14.1. The van der Waals surface area contributed by atoms with E-state index in [-0.39, 0.29) is 23.3 Å². The second-order valence-electron chi connectivity index (χ2n) is 4.91. The molecule has 1 N–H and O–H groups in total. The summed E-state index contributed by atoms with van der Waals surface area (Å²) < 4.78 is 19.0. The lowest BCUT2D eigenvalue weighted by Crippen LogP contribution is -2.33. The van der Waals surface area contributed by atoms with E-state index < -0.39 is 5.82 Å². The van der Waals surface area contributed by atoms with Gasteiger partial charge in [-0.05, 0) is 37.1 Å². The first-order valence-electron chi connectivity index (χ1n) is 6.47. The lowest BCUT2D eigenvalue weighted by molar-refractivity contribution is 0.0712. The van der Waals surface area contributed by atoms with Crippen molar-refractivity contribution in [3.05, 3.63) is 53.7 Å². The highest BCUT2D eigenvalue weighted by molar-refractivity contribution is 5.95. The topological polar surface area (TPSA) is 53.7 Å². The number of furan rings is 1. The normalized spacial score (nSPS) is 14.2. The number of rotatable bonds is 4. The average Bonchev–Trinajstić information content (AvgIpc) is 3.12. The summed E-state index contributed by atoms with van der Waals surface area (Å²) in [6, 6.07) is 7.26. The Morgan fingerprint density at radius 3 is 2.80 bits per heavy atom. The lowest BCUT2D eigenvalue weighted by atomic mass is 10.1. The highest BCUT2D eigenvalue weighted by atomic mass is 19.1. The second kappa shape index (κ2) is 5.00. The van der Waals surface area contributed by atoms with Crippen LogP contribution >= 0.6 is 0 Å². The van der Waals surface area contributed by atoms with E-state index in [1.807, 2.05) is 0 Å². The fourth-order valence-corrected chi connectivity index (χ4v) is 2.16. The number of amides is 1. The average molecular weight is 275 g/mol. The molecule has 0 saturated heterocycles. The summed E-state index contributed by atoms with van der Waals surface area (Å²) in [5.41, 5.74) is -0.0266. The molecular formula is C15H14FNO3. The van der Waals surface area contributed by atoms with E-state index in [4.69, 9.17) is 4.42 Å². The summed E-state index contributed by atoms with van der Waals surface area (Å²) in [7, 11) is 0. The van der Waals surface area contributed by atoms with Crippen molar-refractivity contribution in [2.75, 3.05) is 0 Å². The van der Waals surface area contributed by atoms with E-state index in [0.717, 1.165) is 18.9 Å². The Morgan fingerprint density at radius 2 is 2.20 bits per heavy atom. The summed E-state index contributed by atoms with van der Waals surface area (Å²) in [4.78, 5) is 14.1. The third-order valence-corrected chi connectivity index (χ3v) is 3.34. The molecule has 1 aromatic carbocycles. The minimum atomic E-state index is -0.708. The fourth-order valence-electron chi connectivity index (χ4n) is 2.16. The zero-order valence-corrected chi connectivity index (χ0v) is 10.8. The maximum Gasteiger partial charge on any atom is 0.257 e. The Bertz CT molecular complexity index is 620. The van der Waals surface area contributed by atoms with Crippen LogP contribution in [0.5, 0.6) is 5.75 Å². The van der Waals surface area contributed by atoms with Crippen molar-refractivity contribution in [1.29, 1.82) is 0 Å². The third kappa shape index (κ3) is 2.52. The van der Waals surface area contributed by atoms with Crippen LogP contribution in [0.3, 0.4) is 0 Å². The second-order valence-corrected chi connectivity index (χ2v) is 4.91. The molecule has 1 heterocycles. The van der Waals surface area contributed by atoms with Gasteiger partial charge in [0, 0.05) is 12.1 Å². The van der Waals surface area contributed by atoms with Gasteiger partial charge in [-0.1, -0.05) is 0 Å². The van der Waals surface area contributed by atoms with Gasteiger partial charge in [0.05, 0.1) is 18.4 Å². The lowest BCUT2D eigenvalue weighted by Gasteiger charge is -2.21. The van der Waals surface area contributed by atoms with Gasteiger partial charge in [-0.3, -0.25) is 4.79 Å². The number of hydrogen-bond acceptors (Lipinski definition) is 3. The van der Waals surface area contributed by atoms with Crippen LogP contribution in [0.1, 0.15) is 29.0 Å². The quantitative estimate of drug-likeness (QED) is 0.933. The number of carbonyl (C=O) groups is 1. The van der Waals surface area contributed by atoms with Crippen molar-refractivity contribution >= 4 is 5.91 Å². The minimum absolute atomic E-state index is 0.0266. The zero-order valence-electron chi connectivity index (χ0n) is 10.8. The Balaban J connectivity index is 1.85. The first-order chi connectivity index (χ1) is 9.65. The molecule has 0 aliphatic heterocycles. The number of hydrogen-bond donors (Lipinski definition) is 1. The molecule has 1 amide bonds.